The number of nitrogens with zero attached hydrogens (tertiary/aromatic N) is 1. The van der Waals surface area contributed by atoms with Crippen molar-refractivity contribution in [3.8, 4) is 16.9 Å². The third-order valence-corrected chi connectivity index (χ3v) is 3.40. The lowest BCUT2D eigenvalue weighted by atomic mass is 10.0. The summed E-state index contributed by atoms with van der Waals surface area (Å²) in [5, 5.41) is 0.499. The first-order chi connectivity index (χ1) is 9.06. The maximum Gasteiger partial charge on any atom is 0.132 e. The summed E-state index contributed by atoms with van der Waals surface area (Å²) in [7, 11) is 1.57. The van der Waals surface area contributed by atoms with Crippen molar-refractivity contribution in [3.05, 3.63) is 46.5 Å². The summed E-state index contributed by atoms with van der Waals surface area (Å²) < 4.78 is 18.7. The number of ether oxygens (including phenoxy) is 1. The first-order valence-electron chi connectivity index (χ1n) is 6.06. The zero-order valence-electron chi connectivity index (χ0n) is 11.1. The average Bonchev–Trinajstić information content (AvgIpc) is 2.39. The Labute approximate surface area is 117 Å². The third-order valence-electron chi connectivity index (χ3n) is 3.07. The molecule has 19 heavy (non-hydrogen) atoms. The minimum absolute atomic E-state index is 0.303. The van der Waals surface area contributed by atoms with Crippen LogP contribution in [0.15, 0.2) is 24.3 Å². The molecule has 0 aliphatic rings. The van der Waals surface area contributed by atoms with Gasteiger partial charge in [0.15, 0.2) is 0 Å². The van der Waals surface area contributed by atoms with Gasteiger partial charge in [0.25, 0.3) is 0 Å². The number of rotatable bonds is 3. The molecule has 0 atom stereocenters. The zero-order valence-corrected chi connectivity index (χ0v) is 11.9. The van der Waals surface area contributed by atoms with Gasteiger partial charge in [-0.05, 0) is 43.2 Å². The molecule has 0 amide bonds. The third kappa shape index (κ3) is 2.71. The number of aryl methyl sites for hydroxylation is 2. The van der Waals surface area contributed by atoms with Crippen LogP contribution < -0.4 is 4.74 Å². The van der Waals surface area contributed by atoms with Crippen LogP contribution in [0.2, 0.25) is 5.15 Å². The Morgan fingerprint density at radius 3 is 2.63 bits per heavy atom. The van der Waals surface area contributed by atoms with Crippen LogP contribution >= 0.6 is 11.6 Å². The second-order valence-electron chi connectivity index (χ2n) is 4.27. The van der Waals surface area contributed by atoms with E-state index in [4.69, 9.17) is 16.3 Å². The van der Waals surface area contributed by atoms with Gasteiger partial charge in [-0.3, -0.25) is 0 Å². The summed E-state index contributed by atoms with van der Waals surface area (Å²) in [6, 6.07) is 6.39. The predicted octanol–water partition coefficient (Wildman–Crippen LogP) is 4.42. The van der Waals surface area contributed by atoms with Crippen molar-refractivity contribution in [1.82, 2.24) is 4.98 Å². The smallest absolute Gasteiger partial charge is 0.132 e. The molecular weight excluding hydrogens is 265 g/mol. The lowest BCUT2D eigenvalue weighted by molar-refractivity contribution is 0.415. The fraction of sp³-hybridized carbons (Fsp3) is 0.267. The Morgan fingerprint density at radius 2 is 2.00 bits per heavy atom. The van der Waals surface area contributed by atoms with Crippen LogP contribution in [0.1, 0.15) is 18.2 Å². The highest BCUT2D eigenvalue weighted by Crippen LogP contribution is 2.34. The van der Waals surface area contributed by atoms with Gasteiger partial charge < -0.3 is 4.74 Å². The minimum Gasteiger partial charge on any atom is -0.496 e. The van der Waals surface area contributed by atoms with E-state index in [0.29, 0.717) is 16.5 Å². The largest absolute Gasteiger partial charge is 0.496 e. The van der Waals surface area contributed by atoms with Gasteiger partial charge in [-0.25, -0.2) is 9.37 Å². The van der Waals surface area contributed by atoms with E-state index in [2.05, 4.69) is 4.98 Å². The molecule has 0 unspecified atom stereocenters. The molecule has 1 heterocycles. The van der Waals surface area contributed by atoms with Crippen molar-refractivity contribution in [2.75, 3.05) is 7.11 Å². The van der Waals surface area contributed by atoms with Gasteiger partial charge in [0.1, 0.15) is 16.7 Å². The average molecular weight is 280 g/mol. The Bertz CT molecular complexity index is 613. The Kier molecular flexibility index (Phi) is 4.05. The van der Waals surface area contributed by atoms with E-state index < -0.39 is 0 Å². The van der Waals surface area contributed by atoms with E-state index in [0.717, 1.165) is 23.2 Å². The summed E-state index contributed by atoms with van der Waals surface area (Å²) in [6.45, 7) is 3.86. The highest BCUT2D eigenvalue weighted by Gasteiger charge is 2.13. The maximum atomic E-state index is 13.5. The van der Waals surface area contributed by atoms with Gasteiger partial charge in [0, 0.05) is 16.8 Å². The summed E-state index contributed by atoms with van der Waals surface area (Å²) in [5.41, 5.74) is 3.23. The number of hydrogen-bond donors (Lipinski definition) is 0. The van der Waals surface area contributed by atoms with Gasteiger partial charge in [-0.2, -0.15) is 0 Å². The van der Waals surface area contributed by atoms with E-state index in [9.17, 15) is 4.39 Å². The molecular formula is C15H15ClFNO. The molecule has 1 aromatic carbocycles. The molecule has 0 aliphatic carbocycles. The van der Waals surface area contributed by atoms with Crippen LogP contribution in [0.4, 0.5) is 4.39 Å². The van der Waals surface area contributed by atoms with E-state index in [1.807, 2.05) is 19.9 Å². The van der Waals surface area contributed by atoms with Gasteiger partial charge in [-0.1, -0.05) is 18.5 Å². The molecule has 2 aromatic rings. The number of pyridine rings is 1. The highest BCUT2D eigenvalue weighted by atomic mass is 35.5. The van der Waals surface area contributed by atoms with Crippen molar-refractivity contribution in [2.24, 2.45) is 0 Å². The van der Waals surface area contributed by atoms with Crippen molar-refractivity contribution in [1.29, 1.82) is 0 Å². The van der Waals surface area contributed by atoms with Crippen LogP contribution in [0.3, 0.4) is 0 Å². The van der Waals surface area contributed by atoms with Crippen LogP contribution in [-0.4, -0.2) is 12.1 Å². The summed E-state index contributed by atoms with van der Waals surface area (Å²) >= 11 is 6.08. The Balaban J connectivity index is 2.67. The normalized spacial score (nSPS) is 10.6. The molecule has 0 radical (unpaired) electrons. The second-order valence-corrected chi connectivity index (χ2v) is 4.63. The van der Waals surface area contributed by atoms with Crippen molar-refractivity contribution in [3.63, 3.8) is 0 Å². The lowest BCUT2D eigenvalue weighted by Gasteiger charge is -2.13. The van der Waals surface area contributed by atoms with E-state index in [-0.39, 0.29) is 5.82 Å². The first-order valence-corrected chi connectivity index (χ1v) is 6.44. The van der Waals surface area contributed by atoms with Crippen molar-refractivity contribution >= 4 is 11.6 Å². The summed E-state index contributed by atoms with van der Waals surface area (Å²) in [6.07, 6.45) is 0.775. The molecule has 100 valence electrons. The topological polar surface area (TPSA) is 22.1 Å². The quantitative estimate of drug-likeness (QED) is 0.776. The summed E-state index contributed by atoms with van der Waals surface area (Å²) in [4.78, 5) is 4.31. The van der Waals surface area contributed by atoms with Crippen LogP contribution in [0, 0.1) is 12.7 Å². The number of benzene rings is 1. The van der Waals surface area contributed by atoms with E-state index >= 15 is 0 Å². The monoisotopic (exact) mass is 279 g/mol. The SMILES string of the molecule is CCc1cc(-c2cc(F)ccc2OC)c(C)nc1Cl. The maximum absolute atomic E-state index is 13.5. The van der Waals surface area contributed by atoms with Gasteiger partial charge in [-0.15, -0.1) is 0 Å². The van der Waals surface area contributed by atoms with E-state index in [1.54, 1.807) is 13.2 Å². The molecule has 4 heteroatoms. The standard InChI is InChI=1S/C15H15ClFNO/c1-4-10-7-12(9(2)18-15(10)16)13-8-11(17)5-6-14(13)19-3/h5-8H,4H2,1-3H3. The molecule has 0 bridgehead atoms. The van der Waals surface area contributed by atoms with Crippen molar-refractivity contribution in [2.45, 2.75) is 20.3 Å². The molecule has 0 fully saturated rings. The second kappa shape index (κ2) is 5.57. The number of methoxy groups -OCH3 is 1. The van der Waals surface area contributed by atoms with Crippen LogP contribution in [0.5, 0.6) is 5.75 Å². The molecule has 2 rings (SSSR count). The summed E-state index contributed by atoms with van der Waals surface area (Å²) in [5.74, 6) is 0.318. The Hall–Kier alpha value is -1.61. The molecule has 2 nitrogen and oxygen atoms in total. The van der Waals surface area contributed by atoms with Crippen LogP contribution in [-0.2, 0) is 6.42 Å². The molecule has 1 aromatic heterocycles. The minimum atomic E-state index is -0.303. The van der Waals surface area contributed by atoms with Gasteiger partial charge >= 0.3 is 0 Å². The number of aromatic nitrogens is 1. The number of hydrogen-bond acceptors (Lipinski definition) is 2. The molecule has 0 saturated carbocycles. The fourth-order valence-corrected chi connectivity index (χ4v) is 2.34. The van der Waals surface area contributed by atoms with Gasteiger partial charge in [0.2, 0.25) is 0 Å². The molecule has 0 N–H and O–H groups in total. The Morgan fingerprint density at radius 1 is 1.26 bits per heavy atom. The zero-order chi connectivity index (χ0) is 14.0. The predicted molar refractivity (Wildman–Crippen MR) is 75.3 cm³/mol. The highest BCUT2D eigenvalue weighted by molar-refractivity contribution is 6.30. The van der Waals surface area contributed by atoms with Crippen LogP contribution in [0.25, 0.3) is 11.1 Å². The fourth-order valence-electron chi connectivity index (χ4n) is 2.03. The number of halogens is 2. The van der Waals surface area contributed by atoms with E-state index in [1.165, 1.54) is 12.1 Å². The van der Waals surface area contributed by atoms with Crippen molar-refractivity contribution < 1.29 is 9.13 Å². The molecule has 0 saturated heterocycles. The van der Waals surface area contributed by atoms with Gasteiger partial charge in [0.05, 0.1) is 7.11 Å². The lowest BCUT2D eigenvalue weighted by Crippen LogP contribution is -1.96. The molecule has 0 spiro atoms. The molecule has 0 aliphatic heterocycles. The first kappa shape index (κ1) is 13.8.